The van der Waals surface area contributed by atoms with Crippen molar-refractivity contribution in [2.24, 2.45) is 7.05 Å². The number of hydrogen-bond acceptors (Lipinski definition) is 3. The Morgan fingerprint density at radius 3 is 2.87 bits per heavy atom. The zero-order valence-corrected chi connectivity index (χ0v) is 8.60. The van der Waals surface area contributed by atoms with Gasteiger partial charge in [-0.3, -0.25) is 19.2 Å². The van der Waals surface area contributed by atoms with Crippen LogP contribution >= 0.6 is 0 Å². The average Bonchev–Trinajstić information content (AvgIpc) is 2.59. The number of carbonyl (C=O) groups excluding carboxylic acids is 2. The van der Waals surface area contributed by atoms with E-state index in [1.807, 2.05) is 0 Å². The Kier molecular flexibility index (Phi) is 2.18. The molecule has 2 heterocycles. The van der Waals surface area contributed by atoms with Crippen molar-refractivity contribution in [3.8, 4) is 0 Å². The molecule has 1 aliphatic rings. The van der Waals surface area contributed by atoms with Crippen molar-refractivity contribution >= 4 is 17.5 Å². The van der Waals surface area contributed by atoms with Crippen molar-refractivity contribution in [1.29, 1.82) is 0 Å². The molecule has 1 fully saturated rings. The lowest BCUT2D eigenvalue weighted by molar-refractivity contribution is -0.130. The third kappa shape index (κ3) is 1.58. The fraction of sp³-hybridized carbons (Fsp3) is 0.444. The molecule has 80 valence electrons. The molecule has 15 heavy (non-hydrogen) atoms. The fourth-order valence-electron chi connectivity index (χ4n) is 1.63. The Balaban J connectivity index is 2.33. The van der Waals surface area contributed by atoms with Crippen LogP contribution in [0, 0.1) is 0 Å². The van der Waals surface area contributed by atoms with Crippen molar-refractivity contribution in [3.63, 3.8) is 0 Å². The highest BCUT2D eigenvalue weighted by Gasteiger charge is 2.32. The summed E-state index contributed by atoms with van der Waals surface area (Å²) in [6, 6.07) is -0.476. The predicted octanol–water partition coefficient (Wildman–Crippen LogP) is -0.729. The summed E-state index contributed by atoms with van der Waals surface area (Å²) in [4.78, 5) is 24.5. The molecule has 2 amide bonds. The monoisotopic (exact) mass is 208 g/mol. The standard InChI is InChI=1S/C9H12N4O2/c1-6-9(15)10-4-8(14)13(6)7-3-11-12(2)5-7/h3,5-6H,4H2,1-2H3,(H,10,15). The summed E-state index contributed by atoms with van der Waals surface area (Å²) in [5, 5.41) is 6.51. The number of aromatic nitrogens is 2. The van der Waals surface area contributed by atoms with Crippen molar-refractivity contribution in [1.82, 2.24) is 15.1 Å². The van der Waals surface area contributed by atoms with Crippen LogP contribution in [0.15, 0.2) is 12.4 Å². The highest BCUT2D eigenvalue weighted by atomic mass is 16.2. The van der Waals surface area contributed by atoms with Gasteiger partial charge in [0.05, 0.1) is 18.4 Å². The van der Waals surface area contributed by atoms with Gasteiger partial charge in [0.25, 0.3) is 0 Å². The van der Waals surface area contributed by atoms with Crippen LogP contribution in [0.3, 0.4) is 0 Å². The number of anilines is 1. The van der Waals surface area contributed by atoms with E-state index in [4.69, 9.17) is 0 Å². The first-order valence-corrected chi connectivity index (χ1v) is 4.68. The Labute approximate surface area is 86.9 Å². The largest absolute Gasteiger partial charge is 0.345 e. The molecule has 2 rings (SSSR count). The van der Waals surface area contributed by atoms with Gasteiger partial charge >= 0.3 is 0 Å². The number of amides is 2. The SMILES string of the molecule is CC1C(=O)NCC(=O)N1c1cnn(C)c1. The van der Waals surface area contributed by atoms with Gasteiger partial charge in [0.2, 0.25) is 11.8 Å². The summed E-state index contributed by atoms with van der Waals surface area (Å²) in [5.41, 5.74) is 0.657. The number of rotatable bonds is 1. The number of piperazine rings is 1. The average molecular weight is 208 g/mol. The van der Waals surface area contributed by atoms with Gasteiger partial charge in [-0.05, 0) is 6.92 Å². The molecule has 6 nitrogen and oxygen atoms in total. The molecule has 1 atom stereocenters. The molecule has 1 saturated heterocycles. The first kappa shape index (κ1) is 9.70. The molecule has 1 aromatic rings. The number of nitrogens with zero attached hydrogens (tertiary/aromatic N) is 3. The van der Waals surface area contributed by atoms with Gasteiger partial charge in [0.15, 0.2) is 0 Å². The quantitative estimate of drug-likeness (QED) is 0.661. The van der Waals surface area contributed by atoms with Crippen molar-refractivity contribution in [2.45, 2.75) is 13.0 Å². The molecule has 0 spiro atoms. The zero-order valence-electron chi connectivity index (χ0n) is 8.60. The normalized spacial score (nSPS) is 21.7. The number of nitrogens with one attached hydrogen (secondary N) is 1. The highest BCUT2D eigenvalue weighted by Crippen LogP contribution is 2.17. The van der Waals surface area contributed by atoms with E-state index in [9.17, 15) is 9.59 Å². The third-order valence-electron chi connectivity index (χ3n) is 2.42. The predicted molar refractivity (Wildman–Crippen MR) is 53.2 cm³/mol. The Morgan fingerprint density at radius 1 is 1.53 bits per heavy atom. The third-order valence-corrected chi connectivity index (χ3v) is 2.42. The van der Waals surface area contributed by atoms with E-state index in [0.717, 1.165) is 0 Å². The van der Waals surface area contributed by atoms with Crippen LogP contribution < -0.4 is 10.2 Å². The molecule has 0 aliphatic carbocycles. The van der Waals surface area contributed by atoms with Gasteiger partial charge in [0, 0.05) is 13.2 Å². The molecular weight excluding hydrogens is 196 g/mol. The molecule has 0 radical (unpaired) electrons. The summed E-state index contributed by atoms with van der Waals surface area (Å²) < 4.78 is 1.60. The minimum atomic E-state index is -0.476. The first-order chi connectivity index (χ1) is 7.09. The van der Waals surface area contributed by atoms with Crippen LogP contribution in [0.2, 0.25) is 0 Å². The Hall–Kier alpha value is -1.85. The summed E-state index contributed by atoms with van der Waals surface area (Å²) in [5.74, 6) is -0.256. The van der Waals surface area contributed by atoms with Gasteiger partial charge in [-0.2, -0.15) is 5.10 Å². The molecule has 1 unspecified atom stereocenters. The first-order valence-electron chi connectivity index (χ1n) is 4.68. The van der Waals surface area contributed by atoms with Gasteiger partial charge in [-0.15, -0.1) is 0 Å². The van der Waals surface area contributed by atoms with Gasteiger partial charge in [-0.1, -0.05) is 0 Å². The Bertz CT molecular complexity index is 412. The van der Waals surface area contributed by atoms with E-state index in [-0.39, 0.29) is 18.4 Å². The van der Waals surface area contributed by atoms with Crippen LogP contribution in [0.4, 0.5) is 5.69 Å². The van der Waals surface area contributed by atoms with Gasteiger partial charge in [0.1, 0.15) is 6.04 Å². The van der Waals surface area contributed by atoms with E-state index < -0.39 is 6.04 Å². The molecule has 1 aliphatic heterocycles. The van der Waals surface area contributed by atoms with Crippen LogP contribution in [-0.4, -0.2) is 34.2 Å². The van der Waals surface area contributed by atoms with Crippen LogP contribution in [0.5, 0.6) is 0 Å². The van der Waals surface area contributed by atoms with Gasteiger partial charge < -0.3 is 5.32 Å². The number of hydrogen-bond donors (Lipinski definition) is 1. The second-order valence-corrected chi connectivity index (χ2v) is 3.53. The van der Waals surface area contributed by atoms with Crippen molar-refractivity contribution in [2.75, 3.05) is 11.4 Å². The number of carbonyl (C=O) groups is 2. The minimum absolute atomic E-state index is 0.0536. The Morgan fingerprint density at radius 2 is 2.27 bits per heavy atom. The van der Waals surface area contributed by atoms with E-state index >= 15 is 0 Å². The van der Waals surface area contributed by atoms with Crippen molar-refractivity contribution < 1.29 is 9.59 Å². The smallest absolute Gasteiger partial charge is 0.247 e. The van der Waals surface area contributed by atoms with E-state index in [0.29, 0.717) is 5.69 Å². The van der Waals surface area contributed by atoms with Crippen LogP contribution in [-0.2, 0) is 16.6 Å². The maximum atomic E-state index is 11.6. The summed E-state index contributed by atoms with van der Waals surface area (Å²) >= 11 is 0. The molecule has 1 N–H and O–H groups in total. The summed E-state index contributed by atoms with van der Waals surface area (Å²) in [6.07, 6.45) is 3.29. The maximum absolute atomic E-state index is 11.6. The van der Waals surface area contributed by atoms with Crippen LogP contribution in [0.25, 0.3) is 0 Å². The van der Waals surface area contributed by atoms with E-state index in [1.165, 1.54) is 4.90 Å². The number of aryl methyl sites for hydroxylation is 1. The topological polar surface area (TPSA) is 67.2 Å². The van der Waals surface area contributed by atoms with Crippen molar-refractivity contribution in [3.05, 3.63) is 12.4 Å². The lowest BCUT2D eigenvalue weighted by atomic mass is 10.2. The molecule has 6 heteroatoms. The second-order valence-electron chi connectivity index (χ2n) is 3.53. The zero-order chi connectivity index (χ0) is 11.0. The molecule has 0 bridgehead atoms. The second kappa shape index (κ2) is 3.38. The molecule has 1 aromatic heterocycles. The summed E-state index contributed by atoms with van der Waals surface area (Å²) in [7, 11) is 1.77. The highest BCUT2D eigenvalue weighted by molar-refractivity contribution is 6.06. The lowest BCUT2D eigenvalue weighted by Gasteiger charge is -2.31. The molecule has 0 saturated carbocycles. The van der Waals surface area contributed by atoms with E-state index in [1.54, 1.807) is 31.0 Å². The minimum Gasteiger partial charge on any atom is -0.345 e. The maximum Gasteiger partial charge on any atom is 0.247 e. The van der Waals surface area contributed by atoms with Gasteiger partial charge in [-0.25, -0.2) is 0 Å². The van der Waals surface area contributed by atoms with E-state index in [2.05, 4.69) is 10.4 Å². The lowest BCUT2D eigenvalue weighted by Crippen LogP contribution is -2.57. The molecule has 0 aromatic carbocycles. The fourth-order valence-corrected chi connectivity index (χ4v) is 1.63. The summed E-state index contributed by atoms with van der Waals surface area (Å²) in [6.45, 7) is 1.75. The molecular formula is C9H12N4O2. The van der Waals surface area contributed by atoms with Crippen LogP contribution in [0.1, 0.15) is 6.92 Å².